The fourth-order valence-corrected chi connectivity index (χ4v) is 3.31. The Bertz CT molecular complexity index is 1140. The molecule has 0 saturated carbocycles. The summed E-state index contributed by atoms with van der Waals surface area (Å²) in [7, 11) is 0. The highest BCUT2D eigenvalue weighted by atomic mass is 35.5. The molecule has 1 aliphatic heterocycles. The van der Waals surface area contributed by atoms with E-state index < -0.39 is 5.82 Å². The lowest BCUT2D eigenvalue weighted by Gasteiger charge is -2.11. The summed E-state index contributed by atoms with van der Waals surface area (Å²) in [5.41, 5.74) is 0.915. The van der Waals surface area contributed by atoms with Gasteiger partial charge in [-0.05, 0) is 49.2 Å². The van der Waals surface area contributed by atoms with Crippen LogP contribution in [0.3, 0.4) is 0 Å². The van der Waals surface area contributed by atoms with Gasteiger partial charge in [-0.15, -0.1) is 0 Å². The van der Waals surface area contributed by atoms with E-state index in [0.29, 0.717) is 29.8 Å². The van der Waals surface area contributed by atoms with Crippen LogP contribution < -0.4 is 10.9 Å². The number of phenols is 1. The number of carbonyl (C=O) groups excluding carboxylic acids is 1. The van der Waals surface area contributed by atoms with Crippen molar-refractivity contribution in [1.82, 2.24) is 5.32 Å². The number of fused-ring (bicyclic) bond motifs is 1. The number of phenolic OH excluding ortho intramolecular Hbond substituents is 1. The highest BCUT2D eigenvalue weighted by Crippen LogP contribution is 2.23. The number of carbonyl (C=O) groups is 1. The predicted octanol–water partition coefficient (Wildman–Crippen LogP) is 4.07. The van der Waals surface area contributed by atoms with Gasteiger partial charge in [0.25, 0.3) is 5.91 Å². The van der Waals surface area contributed by atoms with Gasteiger partial charge in [-0.2, -0.15) is 0 Å². The minimum atomic E-state index is -0.569. The molecule has 1 saturated heterocycles. The maximum absolute atomic E-state index is 13.4. The molecule has 0 radical (unpaired) electrons. The largest absolute Gasteiger partial charge is 0.508 e. The maximum atomic E-state index is 13.4. The zero-order valence-electron chi connectivity index (χ0n) is 15.3. The number of ether oxygens (including phenoxy) is 1. The van der Waals surface area contributed by atoms with Crippen LogP contribution in [-0.4, -0.2) is 30.3 Å². The summed E-state index contributed by atoms with van der Waals surface area (Å²) in [5, 5.41) is 13.1. The van der Waals surface area contributed by atoms with Crippen LogP contribution in [0, 0.1) is 5.82 Å². The van der Waals surface area contributed by atoms with Crippen molar-refractivity contribution in [3.05, 3.63) is 64.4 Å². The molecule has 1 aromatic heterocycles. The van der Waals surface area contributed by atoms with Crippen LogP contribution in [-0.2, 0) is 4.74 Å². The average molecular weight is 417 g/mol. The fraction of sp³-hybridized carbons (Fsp3) is 0.238. The monoisotopic (exact) mass is 416 g/mol. The summed E-state index contributed by atoms with van der Waals surface area (Å²) in [5.74, 6) is -0.917. The Balaban J connectivity index is 1.76. The van der Waals surface area contributed by atoms with E-state index in [2.05, 4.69) is 10.3 Å². The molecule has 4 rings (SSSR count). The summed E-state index contributed by atoms with van der Waals surface area (Å²) in [6.45, 7) is 1.08. The number of amides is 1. The van der Waals surface area contributed by atoms with E-state index in [-0.39, 0.29) is 33.9 Å². The molecule has 1 fully saturated rings. The van der Waals surface area contributed by atoms with Crippen molar-refractivity contribution in [2.75, 3.05) is 13.2 Å². The first kappa shape index (κ1) is 19.4. The molecule has 1 atom stereocenters. The van der Waals surface area contributed by atoms with Crippen molar-refractivity contribution in [1.29, 1.82) is 0 Å². The van der Waals surface area contributed by atoms with Gasteiger partial charge in [-0.3, -0.25) is 4.79 Å². The van der Waals surface area contributed by atoms with Crippen molar-refractivity contribution >= 4 is 34.2 Å². The van der Waals surface area contributed by atoms with Crippen LogP contribution in [0.1, 0.15) is 23.2 Å². The molecule has 29 heavy (non-hydrogen) atoms. The van der Waals surface area contributed by atoms with E-state index in [0.717, 1.165) is 12.8 Å². The SMILES string of the molecule is O=C(NC[C@H]1CCCO1)c1cc2ccc(O)cc2oc1=Nc1ccc(F)c(Cl)c1. The van der Waals surface area contributed by atoms with Crippen LogP contribution >= 0.6 is 11.6 Å². The standard InChI is InChI=1S/C21H18ClFN2O4/c22-17-9-13(4-6-18(17)23)25-21-16(20(27)24-11-15-2-1-7-28-15)8-12-3-5-14(26)10-19(12)29-21/h3-6,8-10,15,26H,1-2,7,11H2,(H,24,27)/t15-/m1/s1. The van der Waals surface area contributed by atoms with Crippen molar-refractivity contribution < 1.29 is 23.4 Å². The molecule has 2 heterocycles. The maximum Gasteiger partial charge on any atom is 0.256 e. The first-order valence-corrected chi connectivity index (χ1v) is 9.54. The molecule has 1 amide bonds. The molecule has 3 aromatic rings. The first-order valence-electron chi connectivity index (χ1n) is 9.16. The number of benzene rings is 2. The number of rotatable bonds is 4. The molecule has 1 aliphatic rings. The number of aromatic hydroxyl groups is 1. The molecule has 8 heteroatoms. The van der Waals surface area contributed by atoms with Gasteiger partial charge in [-0.1, -0.05) is 11.6 Å². The second kappa shape index (κ2) is 8.23. The zero-order valence-corrected chi connectivity index (χ0v) is 16.1. The quantitative estimate of drug-likeness (QED) is 0.671. The highest BCUT2D eigenvalue weighted by Gasteiger charge is 2.18. The molecule has 2 aromatic carbocycles. The smallest absolute Gasteiger partial charge is 0.256 e. The van der Waals surface area contributed by atoms with Gasteiger partial charge >= 0.3 is 0 Å². The molecular formula is C21H18ClFN2O4. The fourth-order valence-electron chi connectivity index (χ4n) is 3.13. The number of nitrogens with one attached hydrogen (secondary N) is 1. The van der Waals surface area contributed by atoms with Crippen molar-refractivity contribution in [2.45, 2.75) is 18.9 Å². The van der Waals surface area contributed by atoms with Crippen molar-refractivity contribution in [3.8, 4) is 5.75 Å². The van der Waals surface area contributed by atoms with Gasteiger partial charge in [0.05, 0.1) is 16.8 Å². The number of hydrogen-bond donors (Lipinski definition) is 2. The minimum Gasteiger partial charge on any atom is -0.508 e. The molecule has 0 aliphatic carbocycles. The highest BCUT2D eigenvalue weighted by molar-refractivity contribution is 6.31. The van der Waals surface area contributed by atoms with Gasteiger partial charge in [0.15, 0.2) is 0 Å². The number of hydrogen-bond acceptors (Lipinski definition) is 5. The van der Waals surface area contributed by atoms with Crippen LogP contribution in [0.5, 0.6) is 5.75 Å². The topological polar surface area (TPSA) is 84.1 Å². The Morgan fingerprint density at radius 3 is 2.90 bits per heavy atom. The lowest BCUT2D eigenvalue weighted by atomic mass is 10.1. The summed E-state index contributed by atoms with van der Waals surface area (Å²) < 4.78 is 24.8. The van der Waals surface area contributed by atoms with E-state index in [1.807, 2.05) is 0 Å². The zero-order chi connectivity index (χ0) is 20.4. The lowest BCUT2D eigenvalue weighted by Crippen LogP contribution is -2.34. The van der Waals surface area contributed by atoms with E-state index in [1.54, 1.807) is 12.1 Å². The van der Waals surface area contributed by atoms with Gasteiger partial charge in [-0.25, -0.2) is 9.38 Å². The Kier molecular flexibility index (Phi) is 5.51. The van der Waals surface area contributed by atoms with E-state index in [9.17, 15) is 14.3 Å². The van der Waals surface area contributed by atoms with Crippen molar-refractivity contribution in [2.24, 2.45) is 4.99 Å². The Morgan fingerprint density at radius 2 is 2.14 bits per heavy atom. The second-order valence-electron chi connectivity index (χ2n) is 6.74. The molecule has 2 N–H and O–H groups in total. The van der Waals surface area contributed by atoms with Crippen LogP contribution in [0.15, 0.2) is 51.9 Å². The summed E-state index contributed by atoms with van der Waals surface area (Å²) >= 11 is 5.83. The third-order valence-electron chi connectivity index (χ3n) is 4.63. The molecular weight excluding hydrogens is 399 g/mol. The normalized spacial score (nSPS) is 17.0. The van der Waals surface area contributed by atoms with E-state index >= 15 is 0 Å². The molecule has 0 spiro atoms. The molecule has 0 bridgehead atoms. The van der Waals surface area contributed by atoms with Crippen LogP contribution in [0.25, 0.3) is 11.0 Å². The minimum absolute atomic E-state index is 0.00964. The number of halogens is 2. The summed E-state index contributed by atoms with van der Waals surface area (Å²) in [6.07, 6.45) is 1.86. The third-order valence-corrected chi connectivity index (χ3v) is 4.92. The summed E-state index contributed by atoms with van der Waals surface area (Å²) in [4.78, 5) is 17.2. The third kappa shape index (κ3) is 4.41. The van der Waals surface area contributed by atoms with E-state index in [1.165, 1.54) is 30.3 Å². The number of nitrogens with zero attached hydrogens (tertiary/aromatic N) is 1. The van der Waals surface area contributed by atoms with Gasteiger partial charge in [0, 0.05) is 24.6 Å². The first-order chi connectivity index (χ1) is 14.0. The molecule has 0 unspecified atom stereocenters. The van der Waals surface area contributed by atoms with Gasteiger partial charge in [0.1, 0.15) is 22.7 Å². The van der Waals surface area contributed by atoms with Gasteiger partial charge in [0.2, 0.25) is 5.55 Å². The lowest BCUT2D eigenvalue weighted by molar-refractivity contribution is 0.0854. The van der Waals surface area contributed by atoms with Crippen molar-refractivity contribution in [3.63, 3.8) is 0 Å². The average Bonchev–Trinajstić information content (AvgIpc) is 3.22. The van der Waals surface area contributed by atoms with E-state index in [4.69, 9.17) is 20.8 Å². The van der Waals surface area contributed by atoms with Gasteiger partial charge < -0.3 is 19.6 Å². The van der Waals surface area contributed by atoms with Crippen LogP contribution in [0.4, 0.5) is 10.1 Å². The Morgan fingerprint density at radius 1 is 1.28 bits per heavy atom. The Labute approximate surface area is 170 Å². The second-order valence-corrected chi connectivity index (χ2v) is 7.15. The summed E-state index contributed by atoms with van der Waals surface area (Å²) in [6, 6.07) is 10.2. The Hall–Kier alpha value is -2.90. The molecule has 150 valence electrons. The van der Waals surface area contributed by atoms with Crippen LogP contribution in [0.2, 0.25) is 5.02 Å². The predicted molar refractivity (Wildman–Crippen MR) is 106 cm³/mol. The molecule has 6 nitrogen and oxygen atoms in total.